The van der Waals surface area contributed by atoms with Crippen molar-refractivity contribution < 1.29 is 4.79 Å². The lowest BCUT2D eigenvalue weighted by molar-refractivity contribution is 0.262. The average molecular weight is 330 g/mol. The van der Waals surface area contributed by atoms with Crippen molar-refractivity contribution in [3.8, 4) is 0 Å². The number of hydrogen-bond donors (Lipinski definition) is 2. The molecule has 104 valence electrons. The third-order valence-corrected chi connectivity index (χ3v) is 3.08. The van der Waals surface area contributed by atoms with Crippen molar-refractivity contribution in [1.82, 2.24) is 0 Å². The van der Waals surface area contributed by atoms with Crippen LogP contribution < -0.4 is 10.6 Å². The number of urea groups is 1. The molecule has 0 aliphatic carbocycles. The summed E-state index contributed by atoms with van der Waals surface area (Å²) in [6.07, 6.45) is 0. The van der Waals surface area contributed by atoms with Gasteiger partial charge in [0.15, 0.2) is 0 Å². The van der Waals surface area contributed by atoms with Gasteiger partial charge in [0.05, 0.1) is 0 Å². The van der Waals surface area contributed by atoms with Crippen LogP contribution in [0.2, 0.25) is 15.1 Å². The van der Waals surface area contributed by atoms with E-state index in [0.29, 0.717) is 26.4 Å². The molecule has 3 nitrogen and oxygen atoms in total. The highest BCUT2D eigenvalue weighted by molar-refractivity contribution is 6.35. The number of anilines is 2. The maximum Gasteiger partial charge on any atom is 0.323 e. The maximum atomic E-state index is 11.9. The van der Waals surface area contributed by atoms with Gasteiger partial charge in [0.2, 0.25) is 0 Å². The summed E-state index contributed by atoms with van der Waals surface area (Å²) in [4.78, 5) is 11.9. The van der Waals surface area contributed by atoms with Crippen LogP contribution in [-0.2, 0) is 0 Å². The monoisotopic (exact) mass is 328 g/mol. The summed E-state index contributed by atoms with van der Waals surface area (Å²) in [5.74, 6) is 0. The third kappa shape index (κ3) is 4.30. The maximum absolute atomic E-state index is 11.9. The van der Waals surface area contributed by atoms with Crippen molar-refractivity contribution in [2.45, 2.75) is 6.92 Å². The highest BCUT2D eigenvalue weighted by Gasteiger charge is 2.05. The lowest BCUT2D eigenvalue weighted by Crippen LogP contribution is -2.19. The van der Waals surface area contributed by atoms with Crippen LogP contribution in [0.5, 0.6) is 0 Å². The fourth-order valence-corrected chi connectivity index (χ4v) is 2.54. The lowest BCUT2D eigenvalue weighted by Gasteiger charge is -2.09. The number of amides is 2. The van der Waals surface area contributed by atoms with Crippen molar-refractivity contribution in [2.75, 3.05) is 10.6 Å². The predicted octanol–water partition coefficient (Wildman–Crippen LogP) is 5.60. The van der Waals surface area contributed by atoms with Crippen LogP contribution in [0.4, 0.5) is 16.2 Å². The van der Waals surface area contributed by atoms with Crippen LogP contribution in [0.25, 0.3) is 0 Å². The van der Waals surface area contributed by atoms with E-state index in [4.69, 9.17) is 34.8 Å². The van der Waals surface area contributed by atoms with Gasteiger partial charge in [-0.15, -0.1) is 0 Å². The van der Waals surface area contributed by atoms with Crippen LogP contribution in [0.3, 0.4) is 0 Å². The summed E-state index contributed by atoms with van der Waals surface area (Å²) in [6.45, 7) is 1.89. The first kappa shape index (κ1) is 15.0. The van der Waals surface area contributed by atoms with Gasteiger partial charge < -0.3 is 10.6 Å². The third-order valence-electron chi connectivity index (χ3n) is 2.42. The van der Waals surface area contributed by atoms with E-state index in [-0.39, 0.29) is 0 Å². The molecule has 0 radical (unpaired) electrons. The Labute approximate surface area is 131 Å². The molecule has 0 heterocycles. The van der Waals surface area contributed by atoms with Gasteiger partial charge in [-0.25, -0.2) is 4.79 Å². The molecule has 2 rings (SSSR count). The summed E-state index contributed by atoms with van der Waals surface area (Å²) < 4.78 is 0. The van der Waals surface area contributed by atoms with Gasteiger partial charge in [0.1, 0.15) is 0 Å². The lowest BCUT2D eigenvalue weighted by atomic mass is 10.2. The van der Waals surface area contributed by atoms with Crippen molar-refractivity contribution in [3.05, 3.63) is 57.0 Å². The molecule has 0 atom stereocenters. The summed E-state index contributed by atoms with van der Waals surface area (Å²) in [6, 6.07) is 9.69. The zero-order chi connectivity index (χ0) is 14.7. The van der Waals surface area contributed by atoms with E-state index >= 15 is 0 Å². The minimum absolute atomic E-state index is 0.398. The highest BCUT2D eigenvalue weighted by Crippen LogP contribution is 2.23. The first-order chi connectivity index (χ1) is 9.42. The molecule has 0 saturated heterocycles. The van der Waals surface area contributed by atoms with E-state index in [1.165, 1.54) is 0 Å². The summed E-state index contributed by atoms with van der Waals surface area (Å²) in [5.41, 5.74) is 2.08. The Morgan fingerprint density at radius 2 is 1.25 bits per heavy atom. The number of aryl methyl sites for hydroxylation is 1. The molecule has 2 amide bonds. The zero-order valence-electron chi connectivity index (χ0n) is 10.5. The Morgan fingerprint density at radius 3 is 1.75 bits per heavy atom. The van der Waals surface area contributed by atoms with Gasteiger partial charge in [-0.1, -0.05) is 34.8 Å². The van der Waals surface area contributed by atoms with Crippen LogP contribution in [-0.4, -0.2) is 6.03 Å². The molecule has 0 aromatic heterocycles. The Morgan fingerprint density at radius 1 is 0.800 bits per heavy atom. The van der Waals surface area contributed by atoms with E-state index < -0.39 is 6.03 Å². The van der Waals surface area contributed by atoms with Gasteiger partial charge >= 0.3 is 6.03 Å². The quantitative estimate of drug-likeness (QED) is 0.740. The molecule has 0 saturated carbocycles. The number of carbonyl (C=O) groups excluding carboxylic acids is 1. The van der Waals surface area contributed by atoms with Crippen molar-refractivity contribution in [2.24, 2.45) is 0 Å². The van der Waals surface area contributed by atoms with Gasteiger partial charge in [0.25, 0.3) is 0 Å². The molecule has 2 aromatic rings. The minimum atomic E-state index is -0.398. The molecule has 0 bridgehead atoms. The first-order valence-corrected chi connectivity index (χ1v) is 6.87. The first-order valence-electron chi connectivity index (χ1n) is 5.74. The number of rotatable bonds is 2. The summed E-state index contributed by atoms with van der Waals surface area (Å²) >= 11 is 17.7. The Bertz CT molecular complexity index is 563. The second-order valence-corrected chi connectivity index (χ2v) is 5.56. The number of nitrogens with one attached hydrogen (secondary N) is 2. The molecule has 0 fully saturated rings. The van der Waals surface area contributed by atoms with Crippen molar-refractivity contribution >= 4 is 52.2 Å². The van der Waals surface area contributed by atoms with Crippen molar-refractivity contribution in [3.63, 3.8) is 0 Å². The smallest absolute Gasteiger partial charge is 0.308 e. The van der Waals surface area contributed by atoms with Gasteiger partial charge in [-0.3, -0.25) is 0 Å². The van der Waals surface area contributed by atoms with Crippen LogP contribution in [0.1, 0.15) is 5.56 Å². The van der Waals surface area contributed by atoms with Crippen LogP contribution in [0.15, 0.2) is 36.4 Å². The van der Waals surface area contributed by atoms with E-state index in [1.54, 1.807) is 30.3 Å². The van der Waals surface area contributed by atoms with Gasteiger partial charge in [-0.05, 0) is 48.9 Å². The second-order valence-electron chi connectivity index (χ2n) is 4.25. The van der Waals surface area contributed by atoms with Gasteiger partial charge in [-0.2, -0.15) is 0 Å². The highest BCUT2D eigenvalue weighted by atomic mass is 35.5. The molecule has 2 aromatic carbocycles. The molecule has 2 N–H and O–H groups in total. The molecular weight excluding hydrogens is 319 g/mol. The molecule has 6 heteroatoms. The van der Waals surface area contributed by atoms with E-state index in [9.17, 15) is 4.79 Å². The zero-order valence-corrected chi connectivity index (χ0v) is 12.8. The number of benzene rings is 2. The number of halogens is 3. The minimum Gasteiger partial charge on any atom is -0.308 e. The standard InChI is InChI=1S/C14H11Cl3N2O/c1-8-2-9(15)5-12(3-8)18-14(20)19-13-6-10(16)4-11(17)7-13/h2-7H,1H3,(H2,18,19,20). The Balaban J connectivity index is 2.08. The normalized spacial score (nSPS) is 10.2. The fraction of sp³-hybridized carbons (Fsp3) is 0.0714. The Hall–Kier alpha value is -1.42. The molecule has 0 unspecified atom stereocenters. The van der Waals surface area contributed by atoms with E-state index in [2.05, 4.69) is 10.6 Å². The van der Waals surface area contributed by atoms with E-state index in [0.717, 1.165) is 5.56 Å². The SMILES string of the molecule is Cc1cc(Cl)cc(NC(=O)Nc2cc(Cl)cc(Cl)c2)c1. The topological polar surface area (TPSA) is 41.1 Å². The fourth-order valence-electron chi connectivity index (χ4n) is 1.73. The van der Waals surface area contributed by atoms with Gasteiger partial charge in [0, 0.05) is 26.4 Å². The molecule has 0 aliphatic rings. The summed E-state index contributed by atoms with van der Waals surface area (Å²) in [7, 11) is 0. The molecule has 20 heavy (non-hydrogen) atoms. The number of carbonyl (C=O) groups is 1. The number of hydrogen-bond acceptors (Lipinski definition) is 1. The largest absolute Gasteiger partial charge is 0.323 e. The molecule has 0 aliphatic heterocycles. The molecular formula is C14H11Cl3N2O. The second kappa shape index (κ2) is 6.35. The summed E-state index contributed by atoms with van der Waals surface area (Å²) in [5, 5.41) is 6.80. The Kier molecular flexibility index (Phi) is 4.76. The predicted molar refractivity (Wildman–Crippen MR) is 85.3 cm³/mol. The average Bonchev–Trinajstić information content (AvgIpc) is 2.24. The van der Waals surface area contributed by atoms with Crippen LogP contribution >= 0.6 is 34.8 Å². The molecule has 0 spiro atoms. The van der Waals surface area contributed by atoms with E-state index in [1.807, 2.05) is 13.0 Å². The van der Waals surface area contributed by atoms with Crippen molar-refractivity contribution in [1.29, 1.82) is 0 Å². The van der Waals surface area contributed by atoms with Crippen LogP contribution in [0, 0.1) is 6.92 Å².